The summed E-state index contributed by atoms with van der Waals surface area (Å²) in [4.78, 5) is 0. The smallest absolute Gasteiger partial charge is 0.168 e. The third-order valence-corrected chi connectivity index (χ3v) is 2.96. The molecule has 7 heteroatoms. The Morgan fingerprint density at radius 3 is 2.83 bits per heavy atom. The Morgan fingerprint density at radius 2 is 2.17 bits per heavy atom. The molecule has 0 saturated heterocycles. The molecule has 0 spiro atoms. The second-order valence-corrected chi connectivity index (χ2v) is 4.22. The van der Waals surface area contributed by atoms with E-state index in [2.05, 4.69) is 5.16 Å². The molecule has 0 bridgehead atoms. The number of amidine groups is 1. The summed E-state index contributed by atoms with van der Waals surface area (Å²) < 4.78 is 10.7. The minimum Gasteiger partial charge on any atom is -0.490 e. The van der Waals surface area contributed by atoms with E-state index in [0.717, 1.165) is 0 Å². The lowest BCUT2D eigenvalue weighted by atomic mass is 10.3. The summed E-state index contributed by atoms with van der Waals surface area (Å²) >= 11 is 11.8. The molecule has 0 radical (unpaired) electrons. The number of halogens is 2. The Labute approximate surface area is 115 Å². The maximum atomic E-state index is 8.43. The molecule has 1 aromatic carbocycles. The second-order valence-electron chi connectivity index (χ2n) is 3.44. The van der Waals surface area contributed by atoms with Crippen molar-refractivity contribution in [3.63, 3.8) is 0 Å². The fraction of sp³-hybridized carbons (Fsp3) is 0.364. The molecule has 0 aliphatic carbocycles. The summed E-state index contributed by atoms with van der Waals surface area (Å²) in [6.07, 6.45) is -0.478. The molecule has 1 aromatic rings. The number of hydrogen-bond donors (Lipinski definition) is 2. The first-order chi connectivity index (χ1) is 8.56. The zero-order valence-electron chi connectivity index (χ0n) is 9.77. The van der Waals surface area contributed by atoms with Crippen LogP contribution in [-0.4, -0.2) is 30.4 Å². The van der Waals surface area contributed by atoms with Crippen LogP contribution in [0.3, 0.4) is 0 Å². The van der Waals surface area contributed by atoms with Crippen LogP contribution in [0.15, 0.2) is 23.4 Å². The van der Waals surface area contributed by atoms with Gasteiger partial charge in [0.05, 0.1) is 11.6 Å². The minimum absolute atomic E-state index is 0.00999. The summed E-state index contributed by atoms with van der Waals surface area (Å²) in [6.45, 7) is 2.23. The lowest BCUT2D eigenvalue weighted by molar-refractivity contribution is 0.0779. The van der Waals surface area contributed by atoms with Crippen molar-refractivity contribution >= 4 is 29.0 Å². The third kappa shape index (κ3) is 4.25. The van der Waals surface area contributed by atoms with Crippen molar-refractivity contribution < 1.29 is 14.7 Å². The van der Waals surface area contributed by atoms with Crippen molar-refractivity contribution in [2.45, 2.75) is 13.0 Å². The molecule has 0 heterocycles. The first-order valence-electron chi connectivity index (χ1n) is 5.22. The number of nitrogens with two attached hydrogens (primary N) is 1. The van der Waals surface area contributed by atoms with Crippen LogP contribution in [-0.2, 0) is 4.74 Å². The van der Waals surface area contributed by atoms with Gasteiger partial charge in [-0.25, -0.2) is 0 Å². The van der Waals surface area contributed by atoms with Crippen LogP contribution >= 0.6 is 23.2 Å². The van der Waals surface area contributed by atoms with Crippen LogP contribution in [0.25, 0.3) is 0 Å². The molecule has 0 aliphatic rings. The van der Waals surface area contributed by atoms with E-state index in [4.69, 9.17) is 43.6 Å². The molecular weight excluding hydrogens is 279 g/mol. The molecule has 1 unspecified atom stereocenters. The fourth-order valence-corrected chi connectivity index (χ4v) is 1.49. The van der Waals surface area contributed by atoms with E-state index in [1.807, 2.05) is 0 Å². The van der Waals surface area contributed by atoms with Crippen LogP contribution < -0.4 is 10.5 Å². The van der Waals surface area contributed by atoms with Crippen LogP contribution in [0, 0.1) is 0 Å². The highest BCUT2D eigenvalue weighted by atomic mass is 35.5. The summed E-state index contributed by atoms with van der Waals surface area (Å²) in [5.74, 6) is 0.500. The van der Waals surface area contributed by atoms with Crippen molar-refractivity contribution in [2.24, 2.45) is 10.9 Å². The summed E-state index contributed by atoms with van der Waals surface area (Å²) in [5.41, 5.74) is 5.35. The largest absolute Gasteiger partial charge is 0.490 e. The highest BCUT2D eigenvalue weighted by Gasteiger charge is 2.08. The summed E-state index contributed by atoms with van der Waals surface area (Å²) in [7, 11) is 0. The van der Waals surface area contributed by atoms with E-state index in [1.54, 1.807) is 25.1 Å². The predicted molar refractivity (Wildman–Crippen MR) is 70.8 cm³/mol. The number of nitrogens with zero attached hydrogens (tertiary/aromatic N) is 1. The van der Waals surface area contributed by atoms with Gasteiger partial charge in [-0.2, -0.15) is 0 Å². The van der Waals surface area contributed by atoms with Gasteiger partial charge in [0.15, 0.2) is 5.84 Å². The first-order valence-corrected chi connectivity index (χ1v) is 5.97. The van der Waals surface area contributed by atoms with E-state index in [1.165, 1.54) is 0 Å². The summed E-state index contributed by atoms with van der Waals surface area (Å²) in [5, 5.41) is 12.1. The molecule has 1 atom stereocenters. The molecule has 5 nitrogen and oxygen atoms in total. The lowest BCUT2D eigenvalue weighted by Gasteiger charge is -2.12. The van der Waals surface area contributed by atoms with E-state index in [-0.39, 0.29) is 19.0 Å². The highest BCUT2D eigenvalue weighted by molar-refractivity contribution is 6.42. The van der Waals surface area contributed by atoms with Gasteiger partial charge in [0, 0.05) is 0 Å². The predicted octanol–water partition coefficient (Wildman–Crippen LogP) is 2.52. The molecule has 18 heavy (non-hydrogen) atoms. The van der Waals surface area contributed by atoms with E-state index >= 15 is 0 Å². The van der Waals surface area contributed by atoms with E-state index in [9.17, 15) is 0 Å². The quantitative estimate of drug-likeness (QED) is 0.278. The van der Waals surface area contributed by atoms with Gasteiger partial charge in [-0.05, 0) is 19.1 Å². The zero-order chi connectivity index (χ0) is 13.5. The molecule has 100 valence electrons. The summed E-state index contributed by atoms with van der Waals surface area (Å²) in [6, 6.07) is 5.12. The van der Waals surface area contributed by atoms with Gasteiger partial charge < -0.3 is 20.4 Å². The van der Waals surface area contributed by atoms with Gasteiger partial charge in [0.2, 0.25) is 0 Å². The van der Waals surface area contributed by atoms with Gasteiger partial charge in [0.1, 0.15) is 23.5 Å². The SMILES string of the molecule is CC(OCCOc1cccc(Cl)c1Cl)/C(N)=N/O. The Morgan fingerprint density at radius 1 is 1.44 bits per heavy atom. The van der Waals surface area contributed by atoms with Crippen molar-refractivity contribution in [3.05, 3.63) is 28.2 Å². The molecule has 1 rings (SSSR count). The van der Waals surface area contributed by atoms with Gasteiger partial charge >= 0.3 is 0 Å². The average molecular weight is 293 g/mol. The molecule has 0 saturated carbocycles. The number of oxime groups is 1. The number of hydrogen-bond acceptors (Lipinski definition) is 4. The van der Waals surface area contributed by atoms with Gasteiger partial charge in [0.25, 0.3) is 0 Å². The zero-order valence-corrected chi connectivity index (χ0v) is 11.3. The molecule has 0 amide bonds. The van der Waals surface area contributed by atoms with E-state index in [0.29, 0.717) is 15.8 Å². The van der Waals surface area contributed by atoms with Crippen LogP contribution in [0.5, 0.6) is 5.75 Å². The number of rotatable bonds is 6. The van der Waals surface area contributed by atoms with Crippen molar-refractivity contribution in [2.75, 3.05) is 13.2 Å². The van der Waals surface area contributed by atoms with Crippen LogP contribution in [0.2, 0.25) is 10.0 Å². The normalized spacial score (nSPS) is 13.4. The fourth-order valence-electron chi connectivity index (χ4n) is 1.14. The maximum Gasteiger partial charge on any atom is 0.168 e. The molecule has 0 aliphatic heterocycles. The van der Waals surface area contributed by atoms with Crippen molar-refractivity contribution in [3.8, 4) is 5.75 Å². The van der Waals surface area contributed by atoms with Crippen LogP contribution in [0.4, 0.5) is 0 Å². The van der Waals surface area contributed by atoms with Gasteiger partial charge in [-0.3, -0.25) is 0 Å². The number of ether oxygens (including phenoxy) is 2. The van der Waals surface area contributed by atoms with Crippen molar-refractivity contribution in [1.29, 1.82) is 0 Å². The van der Waals surface area contributed by atoms with Gasteiger partial charge in [-0.1, -0.05) is 34.4 Å². The second kappa shape index (κ2) is 7.31. The molecular formula is C11H14Cl2N2O3. The average Bonchev–Trinajstić information content (AvgIpc) is 2.38. The Balaban J connectivity index is 2.36. The minimum atomic E-state index is -0.478. The monoisotopic (exact) mass is 292 g/mol. The molecule has 3 N–H and O–H groups in total. The Hall–Kier alpha value is -1.17. The lowest BCUT2D eigenvalue weighted by Crippen LogP contribution is -2.30. The molecule has 0 fully saturated rings. The Kier molecular flexibility index (Phi) is 6.04. The maximum absolute atomic E-state index is 8.43. The number of benzene rings is 1. The third-order valence-electron chi connectivity index (χ3n) is 2.16. The van der Waals surface area contributed by atoms with Crippen LogP contribution in [0.1, 0.15) is 6.92 Å². The topological polar surface area (TPSA) is 77.1 Å². The first kappa shape index (κ1) is 14.9. The molecule has 0 aromatic heterocycles. The Bertz CT molecular complexity index is 427. The standard InChI is InChI=1S/C11H14Cl2N2O3/c1-7(11(14)15-16)17-5-6-18-9-4-2-3-8(12)10(9)13/h2-4,7,16H,5-6H2,1H3,(H2,14,15). The van der Waals surface area contributed by atoms with Crippen molar-refractivity contribution in [1.82, 2.24) is 0 Å². The van der Waals surface area contributed by atoms with Gasteiger partial charge in [-0.15, -0.1) is 0 Å². The highest BCUT2D eigenvalue weighted by Crippen LogP contribution is 2.31. The van der Waals surface area contributed by atoms with E-state index < -0.39 is 6.10 Å².